The highest BCUT2D eigenvalue weighted by atomic mass is 35.5. The highest BCUT2D eigenvalue weighted by molar-refractivity contribution is 6.30. The Labute approximate surface area is 169 Å². The van der Waals surface area contributed by atoms with Crippen molar-refractivity contribution in [2.24, 2.45) is 0 Å². The molecular formula is C20H24ClN5O2. The van der Waals surface area contributed by atoms with Gasteiger partial charge in [0.2, 0.25) is 5.88 Å². The van der Waals surface area contributed by atoms with Crippen LogP contribution in [0, 0.1) is 6.92 Å². The van der Waals surface area contributed by atoms with Crippen molar-refractivity contribution in [2.75, 3.05) is 19.0 Å². The zero-order chi connectivity index (χ0) is 20.1. The van der Waals surface area contributed by atoms with Gasteiger partial charge in [-0.1, -0.05) is 11.6 Å². The molecule has 3 heterocycles. The maximum atomic E-state index is 6.19. The molecule has 0 radical (unpaired) electrons. The van der Waals surface area contributed by atoms with Crippen LogP contribution in [0.2, 0.25) is 5.15 Å². The van der Waals surface area contributed by atoms with Gasteiger partial charge in [0.05, 0.1) is 24.8 Å². The summed E-state index contributed by atoms with van der Waals surface area (Å²) in [6, 6.07) is 8.16. The van der Waals surface area contributed by atoms with E-state index in [1.807, 2.05) is 45.0 Å². The normalized spacial score (nSPS) is 11.1. The molecule has 28 heavy (non-hydrogen) atoms. The summed E-state index contributed by atoms with van der Waals surface area (Å²) in [5.74, 6) is 1.28. The Morgan fingerprint density at radius 3 is 2.54 bits per heavy atom. The number of nitrogens with zero attached hydrogens (tertiary/aromatic N) is 4. The molecule has 0 aliphatic carbocycles. The van der Waals surface area contributed by atoms with Crippen LogP contribution < -0.4 is 14.8 Å². The summed E-state index contributed by atoms with van der Waals surface area (Å²) in [6.07, 6.45) is 1.56. The number of hydrogen-bond donors (Lipinski definition) is 1. The molecule has 3 aromatic rings. The van der Waals surface area contributed by atoms with Gasteiger partial charge < -0.3 is 14.8 Å². The molecule has 1 N–H and O–H groups in total. The number of halogens is 1. The van der Waals surface area contributed by atoms with E-state index in [4.69, 9.17) is 21.1 Å². The van der Waals surface area contributed by atoms with E-state index in [0.717, 1.165) is 35.1 Å². The fraction of sp³-hybridized carbons (Fsp3) is 0.400. The minimum absolute atomic E-state index is 0.242. The zero-order valence-electron chi connectivity index (χ0n) is 16.5. The van der Waals surface area contributed by atoms with Crippen molar-refractivity contribution < 1.29 is 9.47 Å². The van der Waals surface area contributed by atoms with Crippen LogP contribution >= 0.6 is 11.6 Å². The molecule has 0 fully saturated rings. The van der Waals surface area contributed by atoms with E-state index in [2.05, 4.69) is 25.3 Å². The summed E-state index contributed by atoms with van der Waals surface area (Å²) in [4.78, 5) is 17.6. The van der Waals surface area contributed by atoms with Crippen molar-refractivity contribution in [1.29, 1.82) is 0 Å². The SMILES string of the molecule is COc1ccc2nc(CCCOc3nc(Cl)c(C)c(NC(C)C)n3)ccc2n1. The van der Waals surface area contributed by atoms with Crippen LogP contribution in [0.1, 0.15) is 31.5 Å². The fourth-order valence-electron chi connectivity index (χ4n) is 2.65. The predicted octanol–water partition coefficient (Wildman–Crippen LogP) is 4.22. The standard InChI is InChI=1S/C20H24ClN5O2/c1-12(2)22-19-13(3)18(21)25-20(26-19)28-11-5-6-14-7-8-16-15(23-14)9-10-17(24-16)27-4/h7-10,12H,5-6,11H2,1-4H3,(H,22,25,26). The number of methoxy groups -OCH3 is 1. The Kier molecular flexibility index (Phi) is 6.46. The minimum Gasteiger partial charge on any atom is -0.481 e. The van der Waals surface area contributed by atoms with Gasteiger partial charge in [0.15, 0.2) is 0 Å². The fourth-order valence-corrected chi connectivity index (χ4v) is 2.81. The summed E-state index contributed by atoms with van der Waals surface area (Å²) in [5.41, 5.74) is 3.45. The molecule has 0 aromatic carbocycles. The number of aromatic nitrogens is 4. The number of pyridine rings is 2. The smallest absolute Gasteiger partial charge is 0.319 e. The molecule has 3 rings (SSSR count). The summed E-state index contributed by atoms with van der Waals surface area (Å²) in [6.45, 7) is 6.43. The van der Waals surface area contributed by atoms with E-state index in [9.17, 15) is 0 Å². The van der Waals surface area contributed by atoms with Gasteiger partial charge in [-0.2, -0.15) is 9.97 Å². The van der Waals surface area contributed by atoms with E-state index in [-0.39, 0.29) is 12.1 Å². The van der Waals surface area contributed by atoms with Crippen LogP contribution in [0.3, 0.4) is 0 Å². The number of ether oxygens (including phenoxy) is 2. The second-order valence-electron chi connectivity index (χ2n) is 6.72. The number of aryl methyl sites for hydroxylation is 1. The van der Waals surface area contributed by atoms with Crippen LogP contribution in [0.5, 0.6) is 11.9 Å². The summed E-state index contributed by atoms with van der Waals surface area (Å²) in [5, 5.41) is 3.65. The number of anilines is 1. The highest BCUT2D eigenvalue weighted by Crippen LogP contribution is 2.23. The van der Waals surface area contributed by atoms with Gasteiger partial charge in [-0.25, -0.2) is 4.98 Å². The molecule has 148 valence electrons. The van der Waals surface area contributed by atoms with Crippen LogP contribution in [-0.4, -0.2) is 39.7 Å². The number of hydrogen-bond acceptors (Lipinski definition) is 7. The van der Waals surface area contributed by atoms with E-state index in [1.165, 1.54) is 0 Å². The lowest BCUT2D eigenvalue weighted by atomic mass is 10.2. The number of rotatable bonds is 8. The summed E-state index contributed by atoms with van der Waals surface area (Å²) < 4.78 is 10.8. The van der Waals surface area contributed by atoms with Crippen molar-refractivity contribution in [3.8, 4) is 11.9 Å². The molecule has 0 saturated carbocycles. The van der Waals surface area contributed by atoms with Gasteiger partial charge in [0.1, 0.15) is 11.0 Å². The van der Waals surface area contributed by atoms with Gasteiger partial charge in [-0.05, 0) is 51.8 Å². The molecular weight excluding hydrogens is 378 g/mol. The average molecular weight is 402 g/mol. The quantitative estimate of drug-likeness (QED) is 0.447. The Balaban J connectivity index is 1.58. The van der Waals surface area contributed by atoms with E-state index in [0.29, 0.717) is 23.5 Å². The molecule has 0 saturated heterocycles. The molecule has 3 aromatic heterocycles. The van der Waals surface area contributed by atoms with Crippen LogP contribution in [0.15, 0.2) is 24.3 Å². The Bertz CT molecular complexity index is 965. The summed E-state index contributed by atoms with van der Waals surface area (Å²) >= 11 is 6.19. The first-order valence-electron chi connectivity index (χ1n) is 9.20. The Hall–Kier alpha value is -2.67. The topological polar surface area (TPSA) is 82.0 Å². The molecule has 0 bridgehead atoms. The monoisotopic (exact) mass is 401 g/mol. The van der Waals surface area contributed by atoms with Crippen molar-refractivity contribution in [1.82, 2.24) is 19.9 Å². The van der Waals surface area contributed by atoms with Gasteiger partial charge in [-0.3, -0.25) is 4.98 Å². The number of nitrogens with one attached hydrogen (secondary N) is 1. The highest BCUT2D eigenvalue weighted by Gasteiger charge is 2.11. The third-order valence-electron chi connectivity index (χ3n) is 4.08. The molecule has 8 heteroatoms. The number of fused-ring (bicyclic) bond motifs is 1. The van der Waals surface area contributed by atoms with E-state index in [1.54, 1.807) is 7.11 Å². The van der Waals surface area contributed by atoms with Crippen molar-refractivity contribution in [3.63, 3.8) is 0 Å². The zero-order valence-corrected chi connectivity index (χ0v) is 17.2. The molecule has 0 aliphatic heterocycles. The lowest BCUT2D eigenvalue weighted by Gasteiger charge is -2.14. The lowest BCUT2D eigenvalue weighted by Crippen LogP contribution is -2.14. The maximum absolute atomic E-state index is 6.19. The lowest BCUT2D eigenvalue weighted by molar-refractivity contribution is 0.286. The van der Waals surface area contributed by atoms with E-state index < -0.39 is 0 Å². The second kappa shape index (κ2) is 9.01. The third-order valence-corrected chi connectivity index (χ3v) is 4.45. The summed E-state index contributed by atoms with van der Waals surface area (Å²) in [7, 11) is 1.60. The van der Waals surface area contributed by atoms with E-state index >= 15 is 0 Å². The molecule has 0 aliphatic rings. The van der Waals surface area contributed by atoms with Crippen LogP contribution in [-0.2, 0) is 6.42 Å². The molecule has 7 nitrogen and oxygen atoms in total. The first-order valence-corrected chi connectivity index (χ1v) is 9.58. The molecule has 0 amide bonds. The molecule has 0 unspecified atom stereocenters. The van der Waals surface area contributed by atoms with Gasteiger partial charge in [0, 0.05) is 23.4 Å². The Morgan fingerprint density at radius 2 is 1.79 bits per heavy atom. The largest absolute Gasteiger partial charge is 0.481 e. The van der Waals surface area contributed by atoms with Crippen LogP contribution in [0.4, 0.5) is 5.82 Å². The first-order chi connectivity index (χ1) is 13.5. The molecule has 0 spiro atoms. The van der Waals surface area contributed by atoms with Gasteiger partial charge >= 0.3 is 6.01 Å². The van der Waals surface area contributed by atoms with Crippen molar-refractivity contribution >= 4 is 28.5 Å². The van der Waals surface area contributed by atoms with Crippen molar-refractivity contribution in [3.05, 3.63) is 40.7 Å². The Morgan fingerprint density at radius 1 is 1.04 bits per heavy atom. The third kappa shape index (κ3) is 4.98. The molecule has 0 atom stereocenters. The maximum Gasteiger partial charge on any atom is 0.319 e. The van der Waals surface area contributed by atoms with Crippen LogP contribution in [0.25, 0.3) is 11.0 Å². The average Bonchev–Trinajstić information content (AvgIpc) is 2.68. The van der Waals surface area contributed by atoms with Gasteiger partial charge in [0.25, 0.3) is 0 Å². The first kappa shape index (κ1) is 20.1. The predicted molar refractivity (Wildman–Crippen MR) is 110 cm³/mol. The van der Waals surface area contributed by atoms with Gasteiger partial charge in [-0.15, -0.1) is 0 Å². The minimum atomic E-state index is 0.242. The van der Waals surface area contributed by atoms with Crippen molar-refractivity contribution in [2.45, 2.75) is 39.7 Å². The second-order valence-corrected chi connectivity index (χ2v) is 7.07.